The Morgan fingerprint density at radius 3 is 2.44 bits per heavy atom. The summed E-state index contributed by atoms with van der Waals surface area (Å²) in [6.07, 6.45) is 6.69. The molecule has 98 valence electrons. The molecule has 0 aliphatic carbocycles. The highest BCUT2D eigenvalue weighted by atomic mass is 16.5. The summed E-state index contributed by atoms with van der Waals surface area (Å²) in [5.41, 5.74) is 0. The van der Waals surface area contributed by atoms with E-state index in [9.17, 15) is 0 Å². The van der Waals surface area contributed by atoms with Crippen LogP contribution < -0.4 is 5.32 Å². The van der Waals surface area contributed by atoms with Crippen molar-refractivity contribution in [3.8, 4) is 0 Å². The zero-order chi connectivity index (χ0) is 12.1. The molecule has 0 aliphatic heterocycles. The maximum absolute atomic E-state index is 8.48. The van der Waals surface area contributed by atoms with Gasteiger partial charge in [0.2, 0.25) is 0 Å². The minimum atomic E-state index is 0.121. The summed E-state index contributed by atoms with van der Waals surface area (Å²) in [5, 5.41) is 11.8. The molecule has 0 fully saturated rings. The van der Waals surface area contributed by atoms with Gasteiger partial charge < -0.3 is 15.2 Å². The first-order valence-corrected chi connectivity index (χ1v) is 6.66. The van der Waals surface area contributed by atoms with Crippen LogP contribution in [0.5, 0.6) is 0 Å². The maximum atomic E-state index is 8.48. The van der Waals surface area contributed by atoms with Gasteiger partial charge in [0.05, 0.1) is 19.8 Å². The van der Waals surface area contributed by atoms with Gasteiger partial charge in [0.25, 0.3) is 0 Å². The maximum Gasteiger partial charge on any atom is 0.0698 e. The fourth-order valence-electron chi connectivity index (χ4n) is 1.59. The summed E-state index contributed by atoms with van der Waals surface area (Å²) in [7, 11) is 0. The number of rotatable bonds is 12. The van der Waals surface area contributed by atoms with Gasteiger partial charge in [-0.2, -0.15) is 0 Å². The molecule has 0 aromatic carbocycles. The molecular formula is C13H29NO2. The molecule has 0 unspecified atom stereocenters. The molecule has 0 atom stereocenters. The highest BCUT2D eigenvalue weighted by molar-refractivity contribution is 4.51. The van der Waals surface area contributed by atoms with E-state index in [0.717, 1.165) is 19.0 Å². The Morgan fingerprint density at radius 2 is 1.75 bits per heavy atom. The van der Waals surface area contributed by atoms with Crippen molar-refractivity contribution in [3.05, 3.63) is 0 Å². The third kappa shape index (κ3) is 13.9. The van der Waals surface area contributed by atoms with Gasteiger partial charge in [0.15, 0.2) is 0 Å². The van der Waals surface area contributed by atoms with Gasteiger partial charge in [0, 0.05) is 6.54 Å². The summed E-state index contributed by atoms with van der Waals surface area (Å²) in [6, 6.07) is 0. The van der Waals surface area contributed by atoms with Gasteiger partial charge in [-0.3, -0.25) is 0 Å². The summed E-state index contributed by atoms with van der Waals surface area (Å²) in [5.74, 6) is 0.849. The van der Waals surface area contributed by atoms with E-state index in [2.05, 4.69) is 19.2 Å². The molecule has 0 aromatic heterocycles. The van der Waals surface area contributed by atoms with Crippen molar-refractivity contribution in [3.63, 3.8) is 0 Å². The minimum absolute atomic E-state index is 0.121. The van der Waals surface area contributed by atoms with Crippen molar-refractivity contribution in [2.45, 2.75) is 46.0 Å². The Hall–Kier alpha value is -0.120. The average Bonchev–Trinajstić information content (AvgIpc) is 2.25. The van der Waals surface area contributed by atoms with E-state index < -0.39 is 0 Å². The Morgan fingerprint density at radius 1 is 1.00 bits per heavy atom. The number of unbranched alkanes of at least 4 members (excludes halogenated alkanes) is 3. The third-order valence-electron chi connectivity index (χ3n) is 2.54. The molecule has 0 radical (unpaired) electrons. The quantitative estimate of drug-likeness (QED) is 0.506. The predicted molar refractivity (Wildman–Crippen MR) is 68.7 cm³/mol. The lowest BCUT2D eigenvalue weighted by atomic mass is 10.0. The lowest BCUT2D eigenvalue weighted by Gasteiger charge is -2.06. The molecule has 3 heteroatoms. The van der Waals surface area contributed by atoms with Crippen molar-refractivity contribution in [1.82, 2.24) is 5.32 Å². The fraction of sp³-hybridized carbons (Fsp3) is 1.00. The topological polar surface area (TPSA) is 41.5 Å². The summed E-state index contributed by atoms with van der Waals surface area (Å²) < 4.78 is 5.14. The second-order valence-electron chi connectivity index (χ2n) is 4.68. The molecule has 0 bridgehead atoms. The van der Waals surface area contributed by atoms with Crippen LogP contribution in [0.1, 0.15) is 46.0 Å². The summed E-state index contributed by atoms with van der Waals surface area (Å²) >= 11 is 0. The molecular weight excluding hydrogens is 202 g/mol. The Labute approximate surface area is 101 Å². The van der Waals surface area contributed by atoms with Crippen LogP contribution in [0, 0.1) is 5.92 Å². The van der Waals surface area contributed by atoms with E-state index in [0.29, 0.717) is 13.2 Å². The predicted octanol–water partition coefficient (Wildman–Crippen LogP) is 2.19. The lowest BCUT2D eigenvalue weighted by molar-refractivity contribution is 0.0939. The number of aliphatic hydroxyl groups is 1. The molecule has 0 aromatic rings. The van der Waals surface area contributed by atoms with Crippen molar-refractivity contribution < 1.29 is 9.84 Å². The zero-order valence-corrected chi connectivity index (χ0v) is 11.0. The SMILES string of the molecule is CC(C)CCCCCCNCCOCCO. The number of aliphatic hydroxyl groups excluding tert-OH is 1. The van der Waals surface area contributed by atoms with Gasteiger partial charge in [0.1, 0.15) is 0 Å². The first-order chi connectivity index (χ1) is 7.77. The normalized spacial score (nSPS) is 11.2. The van der Waals surface area contributed by atoms with Crippen LogP contribution in [0.25, 0.3) is 0 Å². The van der Waals surface area contributed by atoms with Gasteiger partial charge >= 0.3 is 0 Å². The molecule has 0 saturated carbocycles. The molecule has 0 heterocycles. The first kappa shape index (κ1) is 15.9. The second-order valence-corrected chi connectivity index (χ2v) is 4.68. The van der Waals surface area contributed by atoms with Crippen molar-refractivity contribution in [1.29, 1.82) is 0 Å². The summed E-state index contributed by atoms with van der Waals surface area (Å²) in [6.45, 7) is 7.83. The molecule has 0 amide bonds. The van der Waals surface area contributed by atoms with Gasteiger partial charge in [-0.15, -0.1) is 0 Å². The fourth-order valence-corrected chi connectivity index (χ4v) is 1.59. The second kappa shape index (κ2) is 12.9. The van der Waals surface area contributed by atoms with E-state index in [1.165, 1.54) is 32.1 Å². The number of hydrogen-bond donors (Lipinski definition) is 2. The van der Waals surface area contributed by atoms with Gasteiger partial charge in [-0.25, -0.2) is 0 Å². The van der Waals surface area contributed by atoms with Crippen LogP contribution in [0.4, 0.5) is 0 Å². The van der Waals surface area contributed by atoms with Crippen LogP contribution in [-0.2, 0) is 4.74 Å². The molecule has 0 saturated heterocycles. The number of nitrogens with one attached hydrogen (secondary N) is 1. The van der Waals surface area contributed by atoms with Gasteiger partial charge in [-0.1, -0.05) is 39.5 Å². The van der Waals surface area contributed by atoms with Crippen molar-refractivity contribution in [2.75, 3.05) is 32.9 Å². The van der Waals surface area contributed by atoms with E-state index >= 15 is 0 Å². The first-order valence-electron chi connectivity index (χ1n) is 6.66. The highest BCUT2D eigenvalue weighted by Crippen LogP contribution is 2.08. The molecule has 0 rings (SSSR count). The third-order valence-corrected chi connectivity index (χ3v) is 2.54. The summed E-state index contributed by atoms with van der Waals surface area (Å²) in [4.78, 5) is 0. The Bertz CT molecular complexity index is 129. The highest BCUT2D eigenvalue weighted by Gasteiger charge is 1.94. The zero-order valence-electron chi connectivity index (χ0n) is 11.0. The van der Waals surface area contributed by atoms with E-state index in [4.69, 9.17) is 9.84 Å². The smallest absolute Gasteiger partial charge is 0.0698 e. The van der Waals surface area contributed by atoms with E-state index in [1.807, 2.05) is 0 Å². The van der Waals surface area contributed by atoms with Crippen LogP contribution in [0.15, 0.2) is 0 Å². The molecule has 0 aliphatic rings. The van der Waals surface area contributed by atoms with Crippen molar-refractivity contribution in [2.24, 2.45) is 5.92 Å². The molecule has 3 nitrogen and oxygen atoms in total. The van der Waals surface area contributed by atoms with E-state index in [1.54, 1.807) is 0 Å². The number of ether oxygens (including phenoxy) is 1. The monoisotopic (exact) mass is 231 g/mol. The molecule has 0 spiro atoms. The Balaban J connectivity index is 2.88. The van der Waals surface area contributed by atoms with Gasteiger partial charge in [-0.05, 0) is 18.9 Å². The Kier molecular flexibility index (Phi) is 12.9. The van der Waals surface area contributed by atoms with Crippen LogP contribution >= 0.6 is 0 Å². The number of hydrogen-bond acceptors (Lipinski definition) is 3. The largest absolute Gasteiger partial charge is 0.394 e. The lowest BCUT2D eigenvalue weighted by Crippen LogP contribution is -2.21. The minimum Gasteiger partial charge on any atom is -0.394 e. The van der Waals surface area contributed by atoms with Crippen LogP contribution in [-0.4, -0.2) is 38.0 Å². The molecule has 16 heavy (non-hydrogen) atoms. The average molecular weight is 231 g/mol. The van der Waals surface area contributed by atoms with Crippen LogP contribution in [0.2, 0.25) is 0 Å². The van der Waals surface area contributed by atoms with E-state index in [-0.39, 0.29) is 6.61 Å². The standard InChI is InChI=1S/C13H29NO2/c1-13(2)7-5-3-4-6-8-14-9-11-16-12-10-15/h13-15H,3-12H2,1-2H3. The van der Waals surface area contributed by atoms with Crippen molar-refractivity contribution >= 4 is 0 Å². The molecule has 2 N–H and O–H groups in total. The van der Waals surface area contributed by atoms with Crippen LogP contribution in [0.3, 0.4) is 0 Å².